The highest BCUT2D eigenvalue weighted by molar-refractivity contribution is 5.92. The van der Waals surface area contributed by atoms with Crippen molar-refractivity contribution in [1.29, 1.82) is 0 Å². The predicted molar refractivity (Wildman–Crippen MR) is 189 cm³/mol. The number of unbranched alkanes of at least 4 members (excludes halogenated alkanes) is 10. The van der Waals surface area contributed by atoms with Crippen LogP contribution in [0.15, 0.2) is 72.8 Å². The topological polar surface area (TPSA) is 61.8 Å². The summed E-state index contributed by atoms with van der Waals surface area (Å²) in [6, 6.07) is 21.0. The summed E-state index contributed by atoms with van der Waals surface area (Å²) in [6.07, 6.45) is 8.75. The minimum atomic E-state index is -4.24. The average molecular weight is 683 g/mol. The molecule has 0 unspecified atom stereocenters. The zero-order chi connectivity index (χ0) is 35.3. The van der Waals surface area contributed by atoms with Gasteiger partial charge in [0.2, 0.25) is 0 Å². The number of hydrogen-bond acceptors (Lipinski definition) is 5. The monoisotopic (exact) mass is 682 g/mol. The SMILES string of the molecule is CCCCCCCCCCOc1ccc(-c2ccc(C(=O)Oc3ccc(C(=O)O[C@H](CCCCCC)CCCC(F)(F)F)cc3)cc2)cc1. The molecule has 3 aromatic carbocycles. The minimum absolute atomic E-state index is 0.0915. The second kappa shape index (κ2) is 22.0. The molecule has 1 atom stereocenters. The maximum absolute atomic E-state index is 12.8. The number of carbonyl (C=O) groups excluding carboxylic acids is 2. The number of alkyl halides is 3. The second-order valence-corrected chi connectivity index (χ2v) is 12.7. The highest BCUT2D eigenvalue weighted by atomic mass is 19.4. The highest BCUT2D eigenvalue weighted by Crippen LogP contribution is 2.26. The van der Waals surface area contributed by atoms with Crippen molar-refractivity contribution in [2.24, 2.45) is 0 Å². The van der Waals surface area contributed by atoms with Gasteiger partial charge in [-0.15, -0.1) is 0 Å². The van der Waals surface area contributed by atoms with E-state index in [0.717, 1.165) is 49.0 Å². The Balaban J connectivity index is 1.45. The number of esters is 2. The van der Waals surface area contributed by atoms with Gasteiger partial charge in [-0.25, -0.2) is 9.59 Å². The third-order valence-corrected chi connectivity index (χ3v) is 8.52. The lowest BCUT2D eigenvalue weighted by Gasteiger charge is -2.18. The number of benzene rings is 3. The summed E-state index contributed by atoms with van der Waals surface area (Å²) in [5.74, 6) is -0.0451. The summed E-state index contributed by atoms with van der Waals surface area (Å²) >= 11 is 0. The number of hydrogen-bond donors (Lipinski definition) is 0. The van der Waals surface area contributed by atoms with E-state index in [0.29, 0.717) is 18.6 Å². The van der Waals surface area contributed by atoms with E-state index in [1.807, 2.05) is 36.4 Å². The molecule has 0 radical (unpaired) electrons. The van der Waals surface area contributed by atoms with Crippen LogP contribution in [0.2, 0.25) is 0 Å². The second-order valence-electron chi connectivity index (χ2n) is 12.7. The van der Waals surface area contributed by atoms with Crippen LogP contribution in [0.25, 0.3) is 11.1 Å². The van der Waals surface area contributed by atoms with E-state index < -0.39 is 30.6 Å². The first kappa shape index (κ1) is 39.6. The summed E-state index contributed by atoms with van der Waals surface area (Å²) in [7, 11) is 0. The zero-order valence-corrected chi connectivity index (χ0v) is 29.2. The first-order chi connectivity index (χ1) is 23.7. The van der Waals surface area contributed by atoms with Gasteiger partial charge in [-0.3, -0.25) is 0 Å². The van der Waals surface area contributed by atoms with Crippen LogP contribution in [0.3, 0.4) is 0 Å². The van der Waals surface area contributed by atoms with E-state index in [1.165, 1.54) is 69.2 Å². The van der Waals surface area contributed by atoms with Gasteiger partial charge in [0.1, 0.15) is 17.6 Å². The lowest BCUT2D eigenvalue weighted by Crippen LogP contribution is -2.19. The molecule has 0 N–H and O–H groups in total. The first-order valence-electron chi connectivity index (χ1n) is 18.1. The molecule has 3 rings (SSSR count). The molecule has 0 spiro atoms. The smallest absolute Gasteiger partial charge is 0.389 e. The fourth-order valence-corrected chi connectivity index (χ4v) is 5.60. The van der Waals surface area contributed by atoms with E-state index in [1.54, 1.807) is 12.1 Å². The van der Waals surface area contributed by atoms with Crippen molar-refractivity contribution < 1.29 is 37.0 Å². The molecule has 0 aliphatic heterocycles. The molecular formula is C41H53F3O5. The van der Waals surface area contributed by atoms with Gasteiger partial charge in [-0.2, -0.15) is 13.2 Å². The molecule has 0 aromatic heterocycles. The molecule has 0 saturated carbocycles. The van der Waals surface area contributed by atoms with Crippen LogP contribution >= 0.6 is 0 Å². The van der Waals surface area contributed by atoms with Crippen molar-refractivity contribution >= 4 is 11.9 Å². The molecule has 0 amide bonds. The number of halogens is 3. The summed E-state index contributed by atoms with van der Waals surface area (Å²) in [6.45, 7) is 5.03. The molecule has 0 bridgehead atoms. The molecule has 8 heteroatoms. The minimum Gasteiger partial charge on any atom is -0.494 e. The van der Waals surface area contributed by atoms with E-state index in [4.69, 9.17) is 14.2 Å². The van der Waals surface area contributed by atoms with E-state index in [9.17, 15) is 22.8 Å². The van der Waals surface area contributed by atoms with Gasteiger partial charge in [0.15, 0.2) is 0 Å². The van der Waals surface area contributed by atoms with Gasteiger partial charge < -0.3 is 14.2 Å². The van der Waals surface area contributed by atoms with Crippen LogP contribution < -0.4 is 9.47 Å². The standard InChI is InChI=1S/C41H53F3O5/c1-3-5-7-9-10-11-12-14-31-47-36-26-22-33(23-27-36)32-18-20-34(21-19-32)39(45)49-38-28-24-35(25-29-38)40(46)48-37(16-13-8-6-4-2)17-15-30-41(42,43)44/h18-29,37H,3-17,30-31H2,1-2H3/t37-/m1/s1. The van der Waals surface area contributed by atoms with Gasteiger partial charge in [0, 0.05) is 6.42 Å². The van der Waals surface area contributed by atoms with Crippen molar-refractivity contribution in [2.75, 3.05) is 6.61 Å². The van der Waals surface area contributed by atoms with E-state index in [-0.39, 0.29) is 24.2 Å². The third-order valence-electron chi connectivity index (χ3n) is 8.52. The zero-order valence-electron chi connectivity index (χ0n) is 29.2. The Morgan fingerprint density at radius 3 is 1.63 bits per heavy atom. The van der Waals surface area contributed by atoms with Gasteiger partial charge in [0.05, 0.1) is 17.7 Å². The molecule has 0 saturated heterocycles. The Bertz CT molecular complexity index is 1350. The molecule has 0 heterocycles. The highest BCUT2D eigenvalue weighted by Gasteiger charge is 2.27. The number of ether oxygens (including phenoxy) is 3. The summed E-state index contributed by atoms with van der Waals surface area (Å²) < 4.78 is 55.0. The lowest BCUT2D eigenvalue weighted by atomic mass is 10.0. The van der Waals surface area contributed by atoms with Crippen LogP contribution in [0, 0.1) is 0 Å². The number of rotatable bonds is 23. The van der Waals surface area contributed by atoms with Gasteiger partial charge in [-0.05, 0) is 91.8 Å². The molecule has 49 heavy (non-hydrogen) atoms. The fourth-order valence-electron chi connectivity index (χ4n) is 5.60. The van der Waals surface area contributed by atoms with Crippen LogP contribution in [0.1, 0.15) is 137 Å². The van der Waals surface area contributed by atoms with Crippen molar-refractivity contribution in [1.82, 2.24) is 0 Å². The van der Waals surface area contributed by atoms with Crippen molar-refractivity contribution in [3.05, 3.63) is 83.9 Å². The average Bonchev–Trinajstić information content (AvgIpc) is 3.09. The summed E-state index contributed by atoms with van der Waals surface area (Å²) in [5.41, 5.74) is 2.58. The summed E-state index contributed by atoms with van der Waals surface area (Å²) in [5, 5.41) is 0. The van der Waals surface area contributed by atoms with Crippen LogP contribution in [0.4, 0.5) is 13.2 Å². The van der Waals surface area contributed by atoms with Crippen LogP contribution in [-0.4, -0.2) is 30.8 Å². The van der Waals surface area contributed by atoms with Crippen LogP contribution in [-0.2, 0) is 4.74 Å². The summed E-state index contributed by atoms with van der Waals surface area (Å²) in [4.78, 5) is 25.6. The molecule has 0 fully saturated rings. The maximum atomic E-state index is 12.8. The largest absolute Gasteiger partial charge is 0.494 e. The molecule has 5 nitrogen and oxygen atoms in total. The Hall–Kier alpha value is -3.81. The molecule has 0 aliphatic rings. The third kappa shape index (κ3) is 16.0. The van der Waals surface area contributed by atoms with E-state index >= 15 is 0 Å². The maximum Gasteiger partial charge on any atom is 0.389 e. The molecule has 0 aliphatic carbocycles. The Labute approximate surface area is 290 Å². The van der Waals surface area contributed by atoms with Crippen LogP contribution in [0.5, 0.6) is 11.5 Å². The molecule has 268 valence electrons. The fraction of sp³-hybridized carbons (Fsp3) is 0.512. The van der Waals surface area contributed by atoms with E-state index in [2.05, 4.69) is 13.8 Å². The van der Waals surface area contributed by atoms with Crippen molar-refractivity contribution in [3.63, 3.8) is 0 Å². The Kier molecular flexibility index (Phi) is 17.8. The van der Waals surface area contributed by atoms with Gasteiger partial charge >= 0.3 is 18.1 Å². The molecular weight excluding hydrogens is 629 g/mol. The quantitative estimate of drug-likeness (QED) is 0.0566. The number of carbonyl (C=O) groups is 2. The van der Waals surface area contributed by atoms with Crippen molar-refractivity contribution in [3.8, 4) is 22.6 Å². The molecule has 3 aromatic rings. The van der Waals surface area contributed by atoms with Gasteiger partial charge in [0.25, 0.3) is 0 Å². The van der Waals surface area contributed by atoms with Crippen molar-refractivity contribution in [2.45, 2.75) is 129 Å². The first-order valence-corrected chi connectivity index (χ1v) is 18.1. The Morgan fingerprint density at radius 1 is 0.571 bits per heavy atom. The lowest BCUT2D eigenvalue weighted by molar-refractivity contribution is -0.136. The van der Waals surface area contributed by atoms with Gasteiger partial charge in [-0.1, -0.05) is 102 Å². The normalized spacial score (nSPS) is 12.0. The Morgan fingerprint density at radius 2 is 1.04 bits per heavy atom. The predicted octanol–water partition coefficient (Wildman–Crippen LogP) is 12.3.